The van der Waals surface area contributed by atoms with Crippen LogP contribution >= 0.6 is 0 Å². The summed E-state index contributed by atoms with van der Waals surface area (Å²) in [5.41, 5.74) is 0.746. The van der Waals surface area contributed by atoms with Crippen molar-refractivity contribution in [3.63, 3.8) is 0 Å². The number of hydrogen-bond acceptors (Lipinski definition) is 4. The van der Waals surface area contributed by atoms with Crippen molar-refractivity contribution in [2.45, 2.75) is 13.5 Å². The molecular formula is C13H19NO4. The molecule has 0 saturated carbocycles. The van der Waals surface area contributed by atoms with Crippen LogP contribution in [0.5, 0.6) is 11.5 Å². The number of carboxylic acids is 1. The van der Waals surface area contributed by atoms with Crippen LogP contribution in [0.3, 0.4) is 0 Å². The molecule has 1 atom stereocenters. The number of ether oxygens (including phenoxy) is 1. The highest BCUT2D eigenvalue weighted by molar-refractivity contribution is 5.69. The largest absolute Gasteiger partial charge is 0.507 e. The average molecular weight is 253 g/mol. The van der Waals surface area contributed by atoms with Crippen molar-refractivity contribution in [1.29, 1.82) is 0 Å². The monoisotopic (exact) mass is 253 g/mol. The molecule has 5 nitrogen and oxygen atoms in total. The molecule has 1 aromatic rings. The van der Waals surface area contributed by atoms with Crippen molar-refractivity contribution in [2.75, 3.05) is 20.7 Å². The van der Waals surface area contributed by atoms with Gasteiger partial charge in [0.1, 0.15) is 11.5 Å². The molecular weight excluding hydrogens is 234 g/mol. The van der Waals surface area contributed by atoms with Gasteiger partial charge in [0.15, 0.2) is 0 Å². The van der Waals surface area contributed by atoms with Crippen LogP contribution in [-0.4, -0.2) is 41.8 Å². The van der Waals surface area contributed by atoms with Gasteiger partial charge in [0.2, 0.25) is 0 Å². The fourth-order valence-electron chi connectivity index (χ4n) is 1.71. The molecule has 0 bridgehead atoms. The quantitative estimate of drug-likeness (QED) is 0.805. The molecule has 5 heteroatoms. The Hall–Kier alpha value is -1.75. The van der Waals surface area contributed by atoms with Gasteiger partial charge < -0.3 is 19.8 Å². The van der Waals surface area contributed by atoms with E-state index in [0.717, 1.165) is 5.56 Å². The molecule has 2 N–H and O–H groups in total. The van der Waals surface area contributed by atoms with Gasteiger partial charge in [0.05, 0.1) is 13.0 Å². The van der Waals surface area contributed by atoms with Crippen LogP contribution in [0.1, 0.15) is 12.5 Å². The number of carboxylic acid groups (broad SMARTS) is 1. The predicted molar refractivity (Wildman–Crippen MR) is 67.8 cm³/mol. The first kappa shape index (κ1) is 14.3. The number of benzene rings is 1. The first-order chi connectivity index (χ1) is 8.43. The zero-order valence-corrected chi connectivity index (χ0v) is 10.9. The number of aromatic hydroxyl groups is 1. The highest BCUT2D eigenvalue weighted by Crippen LogP contribution is 2.24. The standard InChI is InChI=1S/C13H19NO4/c1-9(13(16)17)7-14(2)8-10-4-5-11(18-3)6-12(10)15/h4-6,9,15H,7-8H2,1-3H3,(H,16,17). The molecule has 0 spiro atoms. The number of methoxy groups -OCH3 is 1. The minimum atomic E-state index is -0.819. The lowest BCUT2D eigenvalue weighted by molar-refractivity contribution is -0.141. The summed E-state index contributed by atoms with van der Waals surface area (Å²) in [6.45, 7) is 2.58. The number of phenolic OH excluding ortho intramolecular Hbond substituents is 1. The normalized spacial score (nSPS) is 12.4. The zero-order valence-electron chi connectivity index (χ0n) is 10.9. The smallest absolute Gasteiger partial charge is 0.307 e. The van der Waals surface area contributed by atoms with Crippen molar-refractivity contribution in [3.8, 4) is 11.5 Å². The second-order valence-electron chi connectivity index (χ2n) is 4.43. The first-order valence-corrected chi connectivity index (χ1v) is 5.71. The van der Waals surface area contributed by atoms with Crippen molar-refractivity contribution in [2.24, 2.45) is 5.92 Å². The Morgan fingerprint density at radius 1 is 1.50 bits per heavy atom. The van der Waals surface area contributed by atoms with Crippen LogP contribution < -0.4 is 4.74 Å². The summed E-state index contributed by atoms with van der Waals surface area (Å²) >= 11 is 0. The van der Waals surface area contributed by atoms with E-state index in [1.807, 2.05) is 11.9 Å². The summed E-state index contributed by atoms with van der Waals surface area (Å²) in [4.78, 5) is 12.6. The maximum Gasteiger partial charge on any atom is 0.307 e. The molecule has 0 amide bonds. The lowest BCUT2D eigenvalue weighted by Crippen LogP contribution is -2.28. The maximum atomic E-state index is 10.7. The molecule has 0 heterocycles. The molecule has 18 heavy (non-hydrogen) atoms. The number of phenols is 1. The van der Waals surface area contributed by atoms with Gasteiger partial charge in [-0.2, -0.15) is 0 Å². The highest BCUT2D eigenvalue weighted by Gasteiger charge is 2.14. The van der Waals surface area contributed by atoms with Crippen LogP contribution in [0, 0.1) is 5.92 Å². The summed E-state index contributed by atoms with van der Waals surface area (Å²) in [6.07, 6.45) is 0. The fraction of sp³-hybridized carbons (Fsp3) is 0.462. The van der Waals surface area contributed by atoms with E-state index in [0.29, 0.717) is 18.8 Å². The SMILES string of the molecule is COc1ccc(CN(C)CC(C)C(=O)O)c(O)c1. The Morgan fingerprint density at radius 3 is 2.67 bits per heavy atom. The third-order valence-electron chi connectivity index (χ3n) is 2.74. The summed E-state index contributed by atoms with van der Waals surface area (Å²) in [5, 5.41) is 18.6. The summed E-state index contributed by atoms with van der Waals surface area (Å²) in [7, 11) is 3.36. The van der Waals surface area contributed by atoms with E-state index in [-0.39, 0.29) is 5.75 Å². The van der Waals surface area contributed by atoms with Crippen LogP contribution in [-0.2, 0) is 11.3 Å². The lowest BCUT2D eigenvalue weighted by atomic mass is 10.1. The average Bonchev–Trinajstić information content (AvgIpc) is 2.31. The van der Waals surface area contributed by atoms with Gasteiger partial charge >= 0.3 is 5.97 Å². The summed E-state index contributed by atoms with van der Waals surface area (Å²) < 4.78 is 5.00. The maximum absolute atomic E-state index is 10.7. The number of carbonyl (C=O) groups is 1. The Morgan fingerprint density at radius 2 is 2.17 bits per heavy atom. The van der Waals surface area contributed by atoms with Crippen molar-refractivity contribution in [3.05, 3.63) is 23.8 Å². The van der Waals surface area contributed by atoms with Gasteiger partial charge in [-0.25, -0.2) is 0 Å². The summed E-state index contributed by atoms with van der Waals surface area (Å²) in [5.74, 6) is -0.502. The summed E-state index contributed by atoms with van der Waals surface area (Å²) in [6, 6.07) is 5.09. The molecule has 0 radical (unpaired) electrons. The molecule has 0 aromatic heterocycles. The van der Waals surface area contributed by atoms with E-state index in [1.165, 1.54) is 7.11 Å². The fourth-order valence-corrected chi connectivity index (χ4v) is 1.71. The van der Waals surface area contributed by atoms with E-state index in [4.69, 9.17) is 9.84 Å². The molecule has 0 fully saturated rings. The molecule has 1 rings (SSSR count). The van der Waals surface area contributed by atoms with Gasteiger partial charge in [-0.1, -0.05) is 13.0 Å². The number of nitrogens with zero attached hydrogens (tertiary/aromatic N) is 1. The van der Waals surface area contributed by atoms with E-state index >= 15 is 0 Å². The molecule has 0 aliphatic heterocycles. The molecule has 0 aliphatic rings. The van der Waals surface area contributed by atoms with E-state index in [9.17, 15) is 9.90 Å². The third-order valence-corrected chi connectivity index (χ3v) is 2.74. The van der Waals surface area contributed by atoms with Crippen LogP contribution in [0.25, 0.3) is 0 Å². The Labute approximate surface area is 107 Å². The second-order valence-corrected chi connectivity index (χ2v) is 4.43. The van der Waals surface area contributed by atoms with Crippen molar-refractivity contribution >= 4 is 5.97 Å². The molecule has 0 saturated heterocycles. The Bertz CT molecular complexity index is 419. The highest BCUT2D eigenvalue weighted by atomic mass is 16.5. The molecule has 0 aliphatic carbocycles. The van der Waals surface area contributed by atoms with Gasteiger partial charge in [0, 0.05) is 24.7 Å². The van der Waals surface area contributed by atoms with E-state index in [2.05, 4.69) is 0 Å². The Balaban J connectivity index is 2.64. The van der Waals surface area contributed by atoms with Gasteiger partial charge in [0.25, 0.3) is 0 Å². The Kier molecular flexibility index (Phi) is 4.97. The van der Waals surface area contributed by atoms with Gasteiger partial charge in [-0.05, 0) is 13.1 Å². The van der Waals surface area contributed by atoms with Crippen molar-refractivity contribution in [1.82, 2.24) is 4.90 Å². The number of hydrogen-bond donors (Lipinski definition) is 2. The predicted octanol–water partition coefficient (Wildman–Crippen LogP) is 1.55. The molecule has 1 aromatic carbocycles. The number of aliphatic carboxylic acids is 1. The zero-order chi connectivity index (χ0) is 13.7. The van der Waals surface area contributed by atoms with Gasteiger partial charge in [-0.15, -0.1) is 0 Å². The van der Waals surface area contributed by atoms with E-state index in [1.54, 1.807) is 25.1 Å². The topological polar surface area (TPSA) is 70.0 Å². The second kappa shape index (κ2) is 6.26. The minimum Gasteiger partial charge on any atom is -0.507 e. The first-order valence-electron chi connectivity index (χ1n) is 5.71. The van der Waals surface area contributed by atoms with Crippen molar-refractivity contribution < 1.29 is 19.7 Å². The van der Waals surface area contributed by atoms with Crippen LogP contribution in [0.2, 0.25) is 0 Å². The lowest BCUT2D eigenvalue weighted by Gasteiger charge is -2.19. The number of rotatable bonds is 6. The van der Waals surface area contributed by atoms with Crippen LogP contribution in [0.4, 0.5) is 0 Å². The van der Waals surface area contributed by atoms with Crippen LogP contribution in [0.15, 0.2) is 18.2 Å². The van der Waals surface area contributed by atoms with E-state index < -0.39 is 11.9 Å². The third kappa shape index (κ3) is 3.92. The molecule has 100 valence electrons. The minimum absolute atomic E-state index is 0.157. The van der Waals surface area contributed by atoms with Gasteiger partial charge in [-0.3, -0.25) is 4.79 Å². The molecule has 1 unspecified atom stereocenters.